The summed E-state index contributed by atoms with van der Waals surface area (Å²) < 4.78 is 32.1. The van der Waals surface area contributed by atoms with Crippen molar-refractivity contribution in [3.8, 4) is 11.3 Å². The summed E-state index contributed by atoms with van der Waals surface area (Å²) in [5.74, 6) is -1.72. The van der Waals surface area contributed by atoms with Gasteiger partial charge in [-0.15, -0.1) is 5.10 Å². The van der Waals surface area contributed by atoms with Crippen molar-refractivity contribution < 1.29 is 13.6 Å². The Morgan fingerprint density at radius 1 is 1.13 bits per heavy atom. The van der Waals surface area contributed by atoms with Crippen molar-refractivity contribution in [3.63, 3.8) is 0 Å². The van der Waals surface area contributed by atoms with Gasteiger partial charge in [-0.3, -0.25) is 9.48 Å². The van der Waals surface area contributed by atoms with E-state index in [2.05, 4.69) is 20.3 Å². The van der Waals surface area contributed by atoms with Crippen LogP contribution >= 0.6 is 0 Å². The number of H-pyrrole nitrogens is 1. The molecule has 0 bridgehead atoms. The van der Waals surface area contributed by atoms with Gasteiger partial charge in [0.2, 0.25) is 5.91 Å². The number of anilines is 1. The number of nitrogens with zero attached hydrogens (tertiary/aromatic N) is 5. The quantitative estimate of drug-likeness (QED) is 0.510. The minimum atomic E-state index is -0.688. The summed E-state index contributed by atoms with van der Waals surface area (Å²) in [5, 5.41) is 7.76. The van der Waals surface area contributed by atoms with Gasteiger partial charge in [-0.1, -0.05) is 5.21 Å². The number of rotatable bonds is 4. The van der Waals surface area contributed by atoms with Crippen molar-refractivity contribution in [1.82, 2.24) is 25.0 Å². The number of fused-ring (bicyclic) bond motifs is 1. The zero-order valence-corrected chi connectivity index (χ0v) is 16.6. The normalized spacial score (nSPS) is 21.0. The number of nitrogens with one attached hydrogen (secondary N) is 1. The highest BCUT2D eigenvalue weighted by Crippen LogP contribution is 2.55. The lowest BCUT2D eigenvalue weighted by atomic mass is 9.78. The highest BCUT2D eigenvalue weighted by molar-refractivity contribution is 6.04. The summed E-state index contributed by atoms with van der Waals surface area (Å²) in [7, 11) is 1.69. The molecule has 7 nitrogen and oxygen atoms in total. The fourth-order valence-corrected chi connectivity index (χ4v) is 4.59. The summed E-state index contributed by atoms with van der Waals surface area (Å²) in [4.78, 5) is 21.8. The van der Waals surface area contributed by atoms with Gasteiger partial charge in [-0.25, -0.2) is 13.8 Å². The van der Waals surface area contributed by atoms with Crippen LogP contribution in [0.4, 0.5) is 14.5 Å². The molecular weight excluding hydrogens is 402 g/mol. The molecule has 1 saturated carbocycles. The van der Waals surface area contributed by atoms with Crippen molar-refractivity contribution >= 4 is 22.6 Å². The fourth-order valence-electron chi connectivity index (χ4n) is 4.59. The third-order valence-electron chi connectivity index (χ3n) is 6.23. The van der Waals surface area contributed by atoms with Crippen molar-refractivity contribution in [3.05, 3.63) is 60.1 Å². The zero-order valence-electron chi connectivity index (χ0n) is 16.6. The molecule has 2 aromatic carbocycles. The number of aryl methyl sites for hydroxylation is 1. The maximum Gasteiger partial charge on any atom is 0.233 e. The van der Waals surface area contributed by atoms with E-state index in [1.54, 1.807) is 31.7 Å². The molecule has 0 spiro atoms. The Bertz CT molecular complexity index is 1320. The number of halogens is 2. The second-order valence-electron chi connectivity index (χ2n) is 8.25. The van der Waals surface area contributed by atoms with Crippen LogP contribution in [0.15, 0.2) is 42.9 Å². The zero-order chi connectivity index (χ0) is 21.3. The summed E-state index contributed by atoms with van der Waals surface area (Å²) in [6.07, 6.45) is 4.97. The Balaban J connectivity index is 1.44. The first-order valence-corrected chi connectivity index (χ1v) is 10.1. The first kappa shape index (κ1) is 18.2. The number of amides is 1. The van der Waals surface area contributed by atoms with Crippen LogP contribution in [0.3, 0.4) is 0 Å². The first-order chi connectivity index (χ1) is 15.0. The predicted molar refractivity (Wildman–Crippen MR) is 109 cm³/mol. The molecule has 2 aliphatic rings. The van der Waals surface area contributed by atoms with Crippen LogP contribution < -0.4 is 4.90 Å². The molecule has 9 heteroatoms. The fraction of sp³-hybridized carbons (Fsp3) is 0.273. The van der Waals surface area contributed by atoms with Crippen LogP contribution in [0.2, 0.25) is 0 Å². The third-order valence-corrected chi connectivity index (χ3v) is 6.23. The van der Waals surface area contributed by atoms with Gasteiger partial charge in [-0.05, 0) is 49.1 Å². The highest BCUT2D eigenvalue weighted by Gasteiger charge is 2.56. The van der Waals surface area contributed by atoms with E-state index in [0.717, 1.165) is 18.4 Å². The van der Waals surface area contributed by atoms with E-state index in [9.17, 15) is 4.79 Å². The number of imidazole rings is 1. The van der Waals surface area contributed by atoms with Gasteiger partial charge >= 0.3 is 0 Å². The van der Waals surface area contributed by atoms with Crippen LogP contribution in [0, 0.1) is 23.5 Å². The lowest BCUT2D eigenvalue weighted by Crippen LogP contribution is -2.56. The monoisotopic (exact) mass is 420 g/mol. The van der Waals surface area contributed by atoms with Crippen LogP contribution in [-0.4, -0.2) is 30.9 Å². The van der Waals surface area contributed by atoms with Crippen molar-refractivity contribution in [2.24, 2.45) is 18.9 Å². The maximum atomic E-state index is 15.3. The SMILES string of the molecule is Cn1cc(-c2cc(F)c([C@@H]3[C@H](C4CC4)C(=O)N3c3ccc4[nH]cnc4c3)c(F)c2)nn1. The van der Waals surface area contributed by atoms with Crippen LogP contribution in [0.25, 0.3) is 22.3 Å². The number of β-lactam (4-membered cyclic amide) rings is 1. The molecule has 0 unspecified atom stereocenters. The molecule has 3 heterocycles. The highest BCUT2D eigenvalue weighted by atomic mass is 19.1. The maximum absolute atomic E-state index is 15.3. The van der Waals surface area contributed by atoms with E-state index in [0.29, 0.717) is 22.5 Å². The van der Waals surface area contributed by atoms with E-state index >= 15 is 8.78 Å². The smallest absolute Gasteiger partial charge is 0.233 e. The minimum absolute atomic E-state index is 0.0775. The Labute approximate surface area is 175 Å². The minimum Gasteiger partial charge on any atom is -0.345 e. The van der Waals surface area contributed by atoms with Gasteiger partial charge < -0.3 is 9.88 Å². The summed E-state index contributed by atoms with van der Waals surface area (Å²) in [6.45, 7) is 0. The summed E-state index contributed by atoms with van der Waals surface area (Å²) in [5.41, 5.74) is 2.73. The van der Waals surface area contributed by atoms with Crippen molar-refractivity contribution in [1.29, 1.82) is 0 Å². The largest absolute Gasteiger partial charge is 0.345 e. The van der Waals surface area contributed by atoms with Crippen LogP contribution in [0.1, 0.15) is 24.4 Å². The van der Waals surface area contributed by atoms with Crippen molar-refractivity contribution in [2.75, 3.05) is 4.90 Å². The molecule has 1 saturated heterocycles. The van der Waals surface area contributed by atoms with E-state index in [-0.39, 0.29) is 17.4 Å². The van der Waals surface area contributed by atoms with Crippen molar-refractivity contribution in [2.45, 2.75) is 18.9 Å². The molecule has 1 N–H and O–H groups in total. The molecule has 0 radical (unpaired) electrons. The molecular formula is C22H18F2N6O. The summed E-state index contributed by atoms with van der Waals surface area (Å²) in [6, 6.07) is 7.21. The van der Waals surface area contributed by atoms with E-state index < -0.39 is 23.6 Å². The van der Waals surface area contributed by atoms with Gasteiger partial charge in [0, 0.05) is 23.9 Å². The van der Waals surface area contributed by atoms with Gasteiger partial charge in [0.1, 0.15) is 17.3 Å². The predicted octanol–water partition coefficient (Wildman–Crippen LogP) is 3.75. The van der Waals surface area contributed by atoms with Crippen LogP contribution in [0.5, 0.6) is 0 Å². The number of aromatic amines is 1. The topological polar surface area (TPSA) is 79.7 Å². The van der Waals surface area contributed by atoms with E-state index in [4.69, 9.17) is 0 Å². The van der Waals surface area contributed by atoms with E-state index in [1.165, 1.54) is 21.7 Å². The Morgan fingerprint density at radius 3 is 2.58 bits per heavy atom. The Morgan fingerprint density at radius 2 is 1.90 bits per heavy atom. The van der Waals surface area contributed by atoms with E-state index in [1.807, 2.05) is 6.07 Å². The number of benzene rings is 2. The molecule has 1 amide bonds. The van der Waals surface area contributed by atoms with Gasteiger partial charge in [-0.2, -0.15) is 0 Å². The molecule has 31 heavy (non-hydrogen) atoms. The van der Waals surface area contributed by atoms with Gasteiger partial charge in [0.05, 0.1) is 35.5 Å². The number of carbonyl (C=O) groups excluding carboxylic acids is 1. The lowest BCUT2D eigenvalue weighted by molar-refractivity contribution is -0.131. The molecule has 2 atom stereocenters. The molecule has 4 aromatic rings. The second kappa shape index (κ2) is 6.44. The number of hydrogen-bond donors (Lipinski definition) is 1. The molecule has 156 valence electrons. The van der Waals surface area contributed by atoms with Gasteiger partial charge in [0.15, 0.2) is 0 Å². The Kier molecular flexibility index (Phi) is 3.77. The first-order valence-electron chi connectivity index (χ1n) is 10.1. The molecule has 1 aliphatic carbocycles. The standard InChI is InChI=1S/C22H18F2N6O/c1-29-9-18(27-28-29)12-6-14(23)20(15(24)7-12)21-19(11-2-3-11)22(31)30(21)13-4-5-16-17(8-13)26-10-25-16/h4-11,19,21H,2-3H2,1H3,(H,25,26)/t19-,21-/m0/s1. The molecule has 2 aromatic heterocycles. The number of aromatic nitrogens is 5. The molecule has 2 fully saturated rings. The third kappa shape index (κ3) is 2.76. The molecule has 1 aliphatic heterocycles. The number of hydrogen-bond acceptors (Lipinski definition) is 4. The summed E-state index contributed by atoms with van der Waals surface area (Å²) >= 11 is 0. The molecule has 6 rings (SSSR count). The average molecular weight is 420 g/mol. The number of carbonyl (C=O) groups is 1. The van der Waals surface area contributed by atoms with Crippen LogP contribution in [-0.2, 0) is 11.8 Å². The average Bonchev–Trinajstić information content (AvgIpc) is 3.26. The second-order valence-corrected chi connectivity index (χ2v) is 8.25. The van der Waals surface area contributed by atoms with Gasteiger partial charge in [0.25, 0.3) is 0 Å². The lowest BCUT2D eigenvalue weighted by Gasteiger charge is -2.48. The Hall–Kier alpha value is -3.62.